The predicted octanol–water partition coefficient (Wildman–Crippen LogP) is 1.06. The Labute approximate surface area is 134 Å². The highest BCUT2D eigenvalue weighted by Gasteiger charge is 2.34. The maximum atomic E-state index is 12.0. The van der Waals surface area contributed by atoms with E-state index in [1.807, 2.05) is 25.1 Å². The van der Waals surface area contributed by atoms with Crippen LogP contribution in [-0.2, 0) is 20.7 Å². The summed E-state index contributed by atoms with van der Waals surface area (Å²) in [7, 11) is 0. The Hall–Kier alpha value is -2.57. The first-order valence-corrected chi connectivity index (χ1v) is 7.65. The van der Waals surface area contributed by atoms with Gasteiger partial charge in [0.25, 0.3) is 0 Å². The number of anilines is 2. The van der Waals surface area contributed by atoms with Crippen LogP contribution in [0.2, 0.25) is 0 Å². The molecule has 0 bridgehead atoms. The van der Waals surface area contributed by atoms with Gasteiger partial charge in [0.2, 0.25) is 11.8 Å². The fourth-order valence-corrected chi connectivity index (χ4v) is 2.98. The van der Waals surface area contributed by atoms with E-state index in [0.29, 0.717) is 31.7 Å². The standard InChI is InChI=1S/C16H19N3O4/c1-3-18-14-5-4-12(6-11(14)7-15(18)21)19-9-13(23-16(19)22)8-17-10(2)20/h4-6,13H,3,7-9H2,1-2H3,(H,17,20). The van der Waals surface area contributed by atoms with Gasteiger partial charge in [0, 0.05) is 24.8 Å². The van der Waals surface area contributed by atoms with Crippen LogP contribution in [0.5, 0.6) is 0 Å². The smallest absolute Gasteiger partial charge is 0.414 e. The molecule has 0 aliphatic carbocycles. The van der Waals surface area contributed by atoms with Gasteiger partial charge in [-0.05, 0) is 30.7 Å². The van der Waals surface area contributed by atoms with Crippen molar-refractivity contribution in [3.8, 4) is 0 Å². The lowest BCUT2D eigenvalue weighted by molar-refractivity contribution is -0.119. The summed E-state index contributed by atoms with van der Waals surface area (Å²) >= 11 is 0. The van der Waals surface area contributed by atoms with E-state index in [1.165, 1.54) is 11.8 Å². The summed E-state index contributed by atoms with van der Waals surface area (Å²) in [5.41, 5.74) is 2.54. The molecule has 1 saturated heterocycles. The molecule has 0 radical (unpaired) electrons. The zero-order chi connectivity index (χ0) is 16.6. The van der Waals surface area contributed by atoms with Gasteiger partial charge < -0.3 is 15.0 Å². The topological polar surface area (TPSA) is 79.0 Å². The van der Waals surface area contributed by atoms with Crippen LogP contribution in [0.15, 0.2) is 18.2 Å². The van der Waals surface area contributed by atoms with E-state index in [2.05, 4.69) is 5.32 Å². The molecule has 1 unspecified atom stereocenters. The molecule has 0 spiro atoms. The lowest BCUT2D eigenvalue weighted by atomic mass is 10.1. The number of amides is 3. The van der Waals surface area contributed by atoms with Gasteiger partial charge in [0.1, 0.15) is 6.10 Å². The quantitative estimate of drug-likeness (QED) is 0.900. The van der Waals surface area contributed by atoms with Gasteiger partial charge in [-0.15, -0.1) is 0 Å². The average molecular weight is 317 g/mol. The Kier molecular flexibility index (Phi) is 3.94. The third-order valence-corrected chi connectivity index (χ3v) is 4.08. The van der Waals surface area contributed by atoms with Gasteiger partial charge >= 0.3 is 6.09 Å². The molecule has 1 atom stereocenters. The number of likely N-dealkylation sites (N-methyl/N-ethyl adjacent to an activating group) is 1. The zero-order valence-corrected chi connectivity index (χ0v) is 13.2. The van der Waals surface area contributed by atoms with Crippen molar-refractivity contribution in [3.05, 3.63) is 23.8 Å². The minimum atomic E-state index is -0.433. The third kappa shape index (κ3) is 2.86. The van der Waals surface area contributed by atoms with Crippen molar-refractivity contribution >= 4 is 29.3 Å². The largest absolute Gasteiger partial charge is 0.442 e. The van der Waals surface area contributed by atoms with E-state index < -0.39 is 6.09 Å². The maximum absolute atomic E-state index is 12.0. The first-order valence-electron chi connectivity index (χ1n) is 7.65. The number of cyclic esters (lactones) is 1. The highest BCUT2D eigenvalue weighted by Crippen LogP contribution is 2.33. The summed E-state index contributed by atoms with van der Waals surface area (Å²) in [5, 5.41) is 2.65. The van der Waals surface area contributed by atoms with Crippen molar-refractivity contribution in [2.75, 3.05) is 29.4 Å². The first kappa shape index (κ1) is 15.3. The summed E-state index contributed by atoms with van der Waals surface area (Å²) in [6.07, 6.45) is -0.444. The molecule has 23 heavy (non-hydrogen) atoms. The molecule has 2 aliphatic rings. The second kappa shape index (κ2) is 5.91. The Bertz CT molecular complexity index is 673. The number of benzene rings is 1. The molecular formula is C16H19N3O4. The predicted molar refractivity (Wildman–Crippen MR) is 84.5 cm³/mol. The summed E-state index contributed by atoms with van der Waals surface area (Å²) < 4.78 is 5.26. The molecule has 2 aliphatic heterocycles. The highest BCUT2D eigenvalue weighted by atomic mass is 16.6. The molecule has 2 heterocycles. The first-order chi connectivity index (χ1) is 11.0. The van der Waals surface area contributed by atoms with E-state index >= 15 is 0 Å². The monoisotopic (exact) mass is 317 g/mol. The molecule has 7 nitrogen and oxygen atoms in total. The van der Waals surface area contributed by atoms with Crippen molar-refractivity contribution < 1.29 is 19.1 Å². The van der Waals surface area contributed by atoms with Gasteiger partial charge in [-0.25, -0.2) is 4.79 Å². The lowest BCUT2D eigenvalue weighted by Crippen LogP contribution is -2.33. The average Bonchev–Trinajstić information content (AvgIpc) is 3.03. The molecule has 1 fully saturated rings. The fourth-order valence-electron chi connectivity index (χ4n) is 2.98. The maximum Gasteiger partial charge on any atom is 0.414 e. The van der Waals surface area contributed by atoms with Crippen LogP contribution in [0.1, 0.15) is 19.4 Å². The van der Waals surface area contributed by atoms with Crippen LogP contribution >= 0.6 is 0 Å². The molecule has 7 heteroatoms. The number of hydrogen-bond acceptors (Lipinski definition) is 4. The van der Waals surface area contributed by atoms with Crippen LogP contribution < -0.4 is 15.1 Å². The zero-order valence-electron chi connectivity index (χ0n) is 13.2. The van der Waals surface area contributed by atoms with Crippen molar-refractivity contribution in [1.29, 1.82) is 0 Å². The molecule has 1 N–H and O–H groups in total. The Morgan fingerprint density at radius 1 is 1.39 bits per heavy atom. The second-order valence-corrected chi connectivity index (χ2v) is 5.68. The van der Waals surface area contributed by atoms with Gasteiger partial charge in [0.15, 0.2) is 0 Å². The number of fused-ring (bicyclic) bond motifs is 1. The van der Waals surface area contributed by atoms with Crippen molar-refractivity contribution in [2.24, 2.45) is 0 Å². The Balaban J connectivity index is 1.76. The number of hydrogen-bond donors (Lipinski definition) is 1. The van der Waals surface area contributed by atoms with Crippen LogP contribution in [0, 0.1) is 0 Å². The van der Waals surface area contributed by atoms with Crippen LogP contribution in [0.25, 0.3) is 0 Å². The van der Waals surface area contributed by atoms with E-state index in [-0.39, 0.29) is 17.9 Å². The summed E-state index contributed by atoms with van der Waals surface area (Å²) in [4.78, 5) is 38.2. The number of rotatable bonds is 4. The summed E-state index contributed by atoms with van der Waals surface area (Å²) in [6, 6.07) is 5.56. The van der Waals surface area contributed by atoms with Gasteiger partial charge in [-0.1, -0.05) is 0 Å². The van der Waals surface area contributed by atoms with Crippen LogP contribution in [0.3, 0.4) is 0 Å². The number of carbonyl (C=O) groups is 3. The molecule has 3 rings (SSSR count). The number of nitrogens with zero attached hydrogens (tertiary/aromatic N) is 2. The Morgan fingerprint density at radius 3 is 2.87 bits per heavy atom. The number of nitrogens with one attached hydrogen (secondary N) is 1. The third-order valence-electron chi connectivity index (χ3n) is 4.08. The van der Waals surface area contributed by atoms with E-state index in [0.717, 1.165) is 11.3 Å². The lowest BCUT2D eigenvalue weighted by Gasteiger charge is -2.17. The minimum Gasteiger partial charge on any atom is -0.442 e. The van der Waals surface area contributed by atoms with E-state index in [4.69, 9.17) is 4.74 Å². The highest BCUT2D eigenvalue weighted by molar-refractivity contribution is 6.02. The molecule has 1 aromatic carbocycles. The molecule has 3 amide bonds. The van der Waals surface area contributed by atoms with Crippen molar-refractivity contribution in [2.45, 2.75) is 26.4 Å². The normalized spacial score (nSPS) is 19.8. The van der Waals surface area contributed by atoms with Gasteiger partial charge in [0.05, 0.1) is 19.5 Å². The van der Waals surface area contributed by atoms with Crippen molar-refractivity contribution in [1.82, 2.24) is 5.32 Å². The van der Waals surface area contributed by atoms with Crippen molar-refractivity contribution in [3.63, 3.8) is 0 Å². The molecule has 1 aromatic rings. The number of carbonyl (C=O) groups excluding carboxylic acids is 3. The van der Waals surface area contributed by atoms with E-state index in [9.17, 15) is 14.4 Å². The minimum absolute atomic E-state index is 0.0761. The van der Waals surface area contributed by atoms with Gasteiger partial charge in [-0.3, -0.25) is 14.5 Å². The SMILES string of the molecule is CCN1C(=O)Cc2cc(N3CC(CNC(C)=O)OC3=O)ccc21. The fraction of sp³-hybridized carbons (Fsp3) is 0.438. The summed E-state index contributed by atoms with van der Waals surface area (Å²) in [6.45, 7) is 4.67. The number of ether oxygens (including phenoxy) is 1. The van der Waals surface area contributed by atoms with Crippen LogP contribution in [-0.4, -0.2) is 43.6 Å². The molecular weight excluding hydrogens is 298 g/mol. The molecule has 0 aromatic heterocycles. The van der Waals surface area contributed by atoms with Crippen LogP contribution in [0.4, 0.5) is 16.2 Å². The molecule has 0 saturated carbocycles. The molecule has 122 valence electrons. The van der Waals surface area contributed by atoms with E-state index in [1.54, 1.807) is 4.90 Å². The Morgan fingerprint density at radius 2 is 2.17 bits per heavy atom. The second-order valence-electron chi connectivity index (χ2n) is 5.68. The van der Waals surface area contributed by atoms with Gasteiger partial charge in [-0.2, -0.15) is 0 Å². The summed E-state index contributed by atoms with van der Waals surface area (Å²) in [5.74, 6) is -0.0811.